The third kappa shape index (κ3) is 3.98. The van der Waals surface area contributed by atoms with Gasteiger partial charge in [0.15, 0.2) is 0 Å². The van der Waals surface area contributed by atoms with E-state index in [1.54, 1.807) is 19.2 Å². The van der Waals surface area contributed by atoms with Gasteiger partial charge >= 0.3 is 0 Å². The summed E-state index contributed by atoms with van der Waals surface area (Å²) in [7, 11) is -1.85. The van der Waals surface area contributed by atoms with Gasteiger partial charge in [-0.05, 0) is 31.4 Å². The van der Waals surface area contributed by atoms with Crippen molar-refractivity contribution in [2.75, 3.05) is 7.05 Å². The molecule has 0 aromatic carbocycles. The first kappa shape index (κ1) is 16.6. The van der Waals surface area contributed by atoms with Crippen molar-refractivity contribution < 1.29 is 8.42 Å². The van der Waals surface area contributed by atoms with Crippen molar-refractivity contribution in [3.05, 3.63) is 17.0 Å². The lowest BCUT2D eigenvalue weighted by Gasteiger charge is -2.24. The molecule has 4 nitrogen and oxygen atoms in total. The number of rotatable bonds is 6. The Morgan fingerprint density at radius 1 is 1.42 bits per heavy atom. The molecule has 1 aromatic heterocycles. The van der Waals surface area contributed by atoms with Crippen LogP contribution in [0.25, 0.3) is 0 Å². The zero-order valence-corrected chi connectivity index (χ0v) is 14.0. The van der Waals surface area contributed by atoms with Crippen LogP contribution >= 0.6 is 23.6 Å². The molecular formula is C12H20N2O2S3. The van der Waals surface area contributed by atoms with Gasteiger partial charge in [-0.3, -0.25) is 0 Å². The van der Waals surface area contributed by atoms with Crippen LogP contribution in [0, 0.1) is 5.92 Å². The summed E-state index contributed by atoms with van der Waals surface area (Å²) in [6.07, 6.45) is 0.823. The van der Waals surface area contributed by atoms with E-state index < -0.39 is 10.0 Å². The summed E-state index contributed by atoms with van der Waals surface area (Å²) in [4.78, 5) is 0.850. The van der Waals surface area contributed by atoms with Crippen molar-refractivity contribution in [3.8, 4) is 0 Å². The molecule has 0 radical (unpaired) electrons. The minimum atomic E-state index is -3.46. The van der Waals surface area contributed by atoms with Crippen LogP contribution in [0.4, 0.5) is 0 Å². The average molecular weight is 321 g/mol. The molecule has 0 amide bonds. The molecule has 0 spiro atoms. The molecule has 0 bridgehead atoms. The van der Waals surface area contributed by atoms with E-state index in [4.69, 9.17) is 18.0 Å². The van der Waals surface area contributed by atoms with E-state index in [-0.39, 0.29) is 15.2 Å². The summed E-state index contributed by atoms with van der Waals surface area (Å²) in [5, 5.41) is 0. The van der Waals surface area contributed by atoms with Crippen LogP contribution < -0.4 is 5.73 Å². The highest BCUT2D eigenvalue weighted by molar-refractivity contribution is 7.91. The van der Waals surface area contributed by atoms with E-state index in [0.717, 1.165) is 17.8 Å². The average Bonchev–Trinajstić information content (AvgIpc) is 2.76. The van der Waals surface area contributed by atoms with E-state index in [1.165, 1.54) is 4.31 Å². The van der Waals surface area contributed by atoms with Crippen LogP contribution in [0.5, 0.6) is 0 Å². The molecule has 7 heteroatoms. The molecule has 19 heavy (non-hydrogen) atoms. The maximum Gasteiger partial charge on any atom is 0.252 e. The maximum atomic E-state index is 12.4. The van der Waals surface area contributed by atoms with Gasteiger partial charge in [0.05, 0.1) is 4.88 Å². The molecule has 1 heterocycles. The van der Waals surface area contributed by atoms with Crippen LogP contribution in [0.2, 0.25) is 0 Å². The first-order chi connectivity index (χ1) is 8.66. The van der Waals surface area contributed by atoms with Gasteiger partial charge in [-0.25, -0.2) is 8.42 Å². The van der Waals surface area contributed by atoms with Crippen molar-refractivity contribution in [3.63, 3.8) is 0 Å². The van der Waals surface area contributed by atoms with Crippen LogP contribution in [-0.2, 0) is 10.0 Å². The Morgan fingerprint density at radius 3 is 2.42 bits per heavy atom. The van der Waals surface area contributed by atoms with Gasteiger partial charge in [0.2, 0.25) is 0 Å². The normalized spacial score (nSPS) is 14.0. The van der Waals surface area contributed by atoms with Crippen LogP contribution in [0.15, 0.2) is 16.3 Å². The fourth-order valence-electron chi connectivity index (χ4n) is 1.80. The molecule has 0 aliphatic heterocycles. The van der Waals surface area contributed by atoms with E-state index in [2.05, 4.69) is 13.8 Å². The molecule has 0 aliphatic rings. The van der Waals surface area contributed by atoms with Crippen molar-refractivity contribution in [1.29, 1.82) is 0 Å². The highest BCUT2D eigenvalue weighted by atomic mass is 32.2. The van der Waals surface area contributed by atoms with E-state index >= 15 is 0 Å². The second kappa shape index (κ2) is 6.30. The van der Waals surface area contributed by atoms with Crippen LogP contribution in [-0.4, -0.2) is 30.8 Å². The van der Waals surface area contributed by atoms with Gasteiger partial charge in [0.25, 0.3) is 10.0 Å². The van der Waals surface area contributed by atoms with Gasteiger partial charge in [0.1, 0.15) is 9.20 Å². The number of thiocarbonyl (C=S) groups is 1. The fourth-order valence-corrected chi connectivity index (χ4v) is 4.71. The van der Waals surface area contributed by atoms with Crippen molar-refractivity contribution in [2.45, 2.75) is 37.4 Å². The van der Waals surface area contributed by atoms with Gasteiger partial charge in [-0.2, -0.15) is 4.31 Å². The summed E-state index contributed by atoms with van der Waals surface area (Å²) in [6.45, 7) is 6.07. The quantitative estimate of drug-likeness (QED) is 0.818. The van der Waals surface area contributed by atoms with E-state index in [0.29, 0.717) is 10.8 Å². The lowest BCUT2D eigenvalue weighted by atomic mass is 10.1. The lowest BCUT2D eigenvalue weighted by molar-refractivity contribution is 0.338. The molecule has 0 fully saturated rings. The van der Waals surface area contributed by atoms with Gasteiger partial charge < -0.3 is 5.73 Å². The molecule has 1 rings (SSSR count). The van der Waals surface area contributed by atoms with Gasteiger partial charge in [0, 0.05) is 13.1 Å². The summed E-state index contributed by atoms with van der Waals surface area (Å²) in [5.74, 6) is 0.447. The predicted molar refractivity (Wildman–Crippen MR) is 84.1 cm³/mol. The molecule has 1 unspecified atom stereocenters. The monoisotopic (exact) mass is 320 g/mol. The topological polar surface area (TPSA) is 63.4 Å². The molecule has 108 valence electrons. The number of hydrogen-bond donors (Lipinski definition) is 1. The highest BCUT2D eigenvalue weighted by Crippen LogP contribution is 2.26. The smallest absolute Gasteiger partial charge is 0.252 e. The summed E-state index contributed by atoms with van der Waals surface area (Å²) >= 11 is 5.97. The molecule has 2 N–H and O–H groups in total. The number of sulfonamides is 1. The Labute approximate surface area is 124 Å². The second-order valence-corrected chi connectivity index (χ2v) is 8.73. The standard InChI is InChI=1S/C12H20N2O2S3/c1-8(2)7-9(3)14(4)19(15,16)11-6-5-10(18-11)12(13)17/h5-6,8-9H,7H2,1-4H3,(H2,13,17). The predicted octanol–water partition coefficient (Wildman–Crippen LogP) is 2.44. The van der Waals surface area contributed by atoms with Crippen molar-refractivity contribution in [2.24, 2.45) is 11.7 Å². The number of nitrogens with two attached hydrogens (primary N) is 1. The molecular weight excluding hydrogens is 300 g/mol. The zero-order valence-electron chi connectivity index (χ0n) is 11.6. The zero-order chi connectivity index (χ0) is 14.8. The Bertz CT molecular complexity index is 549. The fraction of sp³-hybridized carbons (Fsp3) is 0.583. The van der Waals surface area contributed by atoms with Crippen LogP contribution in [0.3, 0.4) is 0 Å². The number of thiophene rings is 1. The Hall–Kier alpha value is -0.500. The Balaban J connectivity index is 2.99. The third-order valence-electron chi connectivity index (χ3n) is 2.89. The molecule has 0 saturated heterocycles. The van der Waals surface area contributed by atoms with E-state index in [1.807, 2.05) is 6.92 Å². The molecule has 0 saturated carbocycles. The maximum absolute atomic E-state index is 12.4. The van der Waals surface area contributed by atoms with Gasteiger partial charge in [-0.15, -0.1) is 11.3 Å². The first-order valence-corrected chi connectivity index (χ1v) is 8.70. The minimum Gasteiger partial charge on any atom is -0.389 e. The summed E-state index contributed by atoms with van der Waals surface area (Å²) in [5.41, 5.74) is 5.51. The van der Waals surface area contributed by atoms with E-state index in [9.17, 15) is 8.42 Å². The molecule has 0 aliphatic carbocycles. The summed E-state index contributed by atoms with van der Waals surface area (Å²) < 4.78 is 26.6. The lowest BCUT2D eigenvalue weighted by Crippen LogP contribution is -2.35. The Morgan fingerprint density at radius 2 is 2.00 bits per heavy atom. The minimum absolute atomic E-state index is 0.0413. The Kier molecular flexibility index (Phi) is 5.49. The third-order valence-corrected chi connectivity index (χ3v) is 6.80. The number of hydrogen-bond acceptors (Lipinski definition) is 4. The first-order valence-electron chi connectivity index (χ1n) is 6.04. The van der Waals surface area contributed by atoms with Gasteiger partial charge in [-0.1, -0.05) is 26.1 Å². The summed E-state index contributed by atoms with van der Waals surface area (Å²) in [6, 6.07) is 3.17. The molecule has 1 aromatic rings. The molecule has 1 atom stereocenters. The van der Waals surface area contributed by atoms with Crippen molar-refractivity contribution >= 4 is 38.6 Å². The largest absolute Gasteiger partial charge is 0.389 e. The van der Waals surface area contributed by atoms with Crippen molar-refractivity contribution in [1.82, 2.24) is 4.31 Å². The SMILES string of the molecule is CC(C)CC(C)N(C)S(=O)(=O)c1ccc(C(N)=S)s1. The second-order valence-electron chi connectivity index (χ2n) is 4.98. The highest BCUT2D eigenvalue weighted by Gasteiger charge is 2.27. The van der Waals surface area contributed by atoms with Crippen LogP contribution in [0.1, 0.15) is 32.1 Å². The number of nitrogens with zero attached hydrogens (tertiary/aromatic N) is 1.